The number of aromatic nitrogens is 2. The van der Waals surface area contributed by atoms with Crippen LogP contribution in [0.25, 0.3) is 0 Å². The third-order valence-electron chi connectivity index (χ3n) is 6.08. The van der Waals surface area contributed by atoms with Crippen LogP contribution in [0.2, 0.25) is 0 Å². The Bertz CT molecular complexity index is 1300. The molecule has 7 nitrogen and oxygen atoms in total. The molecule has 1 aliphatic heterocycles. The summed E-state index contributed by atoms with van der Waals surface area (Å²) in [6, 6.07) is 8.02. The minimum Gasteiger partial charge on any atom is -0.425 e. The highest BCUT2D eigenvalue weighted by atomic mass is 19.4. The van der Waals surface area contributed by atoms with Gasteiger partial charge >= 0.3 is 18.4 Å². The summed E-state index contributed by atoms with van der Waals surface area (Å²) in [7, 11) is 1.48. The van der Waals surface area contributed by atoms with E-state index >= 15 is 0 Å². The van der Waals surface area contributed by atoms with Gasteiger partial charge in [0.1, 0.15) is 5.75 Å². The second-order valence-electron chi connectivity index (χ2n) is 8.78. The molecule has 0 saturated heterocycles. The Hall–Kier alpha value is -3.74. The van der Waals surface area contributed by atoms with Gasteiger partial charge in [0, 0.05) is 13.6 Å². The van der Waals surface area contributed by atoms with Crippen molar-refractivity contribution < 1.29 is 41.0 Å². The third kappa shape index (κ3) is 5.42. The molecule has 2 aromatic carbocycles. The number of carbonyl (C=O) groups is 1. The maximum atomic E-state index is 13.5. The van der Waals surface area contributed by atoms with E-state index in [1.165, 1.54) is 39.6 Å². The number of halogens is 6. The molecule has 0 spiro atoms. The van der Waals surface area contributed by atoms with Gasteiger partial charge in [-0.25, -0.2) is 0 Å². The van der Waals surface area contributed by atoms with E-state index in [1.807, 2.05) is 6.92 Å². The number of imidazole rings is 1. The van der Waals surface area contributed by atoms with Gasteiger partial charge in [0.2, 0.25) is 6.35 Å². The van der Waals surface area contributed by atoms with Gasteiger partial charge in [-0.05, 0) is 42.3 Å². The average molecular weight is 542 g/mol. The molecule has 1 aliphatic rings. The van der Waals surface area contributed by atoms with Crippen molar-refractivity contribution in [2.75, 3.05) is 18.5 Å². The first-order chi connectivity index (χ1) is 17.8. The van der Waals surface area contributed by atoms with Crippen molar-refractivity contribution >= 4 is 11.7 Å². The summed E-state index contributed by atoms with van der Waals surface area (Å²) in [5, 5.41) is 10.7. The maximum Gasteiger partial charge on any atom is 0.416 e. The van der Waals surface area contributed by atoms with E-state index in [-0.39, 0.29) is 36.4 Å². The zero-order valence-electron chi connectivity index (χ0n) is 20.3. The molecule has 1 aromatic heterocycles. The molecule has 0 fully saturated rings. The molecule has 204 valence electrons. The summed E-state index contributed by atoms with van der Waals surface area (Å²) in [4.78, 5) is 20.3. The van der Waals surface area contributed by atoms with Crippen LogP contribution in [-0.4, -0.2) is 45.4 Å². The molecule has 0 bridgehead atoms. The highest BCUT2D eigenvalue weighted by molar-refractivity contribution is 5.99. The van der Waals surface area contributed by atoms with Crippen LogP contribution in [0, 0.1) is 0 Å². The zero-order valence-corrected chi connectivity index (χ0v) is 20.3. The van der Waals surface area contributed by atoms with Gasteiger partial charge in [-0.1, -0.05) is 31.5 Å². The number of carbonyl (C=O) groups excluding carboxylic acids is 1. The number of aliphatic hydroxyl groups is 1. The van der Waals surface area contributed by atoms with E-state index in [4.69, 9.17) is 4.74 Å². The average Bonchev–Trinajstić information content (AvgIpc) is 3.20. The molecule has 1 N–H and O–H groups in total. The van der Waals surface area contributed by atoms with Gasteiger partial charge in [-0.3, -0.25) is 14.3 Å². The monoisotopic (exact) mass is 542 g/mol. The molecule has 0 aliphatic carbocycles. The topological polar surface area (TPSA) is 70.8 Å². The van der Waals surface area contributed by atoms with E-state index in [1.54, 1.807) is 0 Å². The number of anilines is 1. The molecule has 1 unspecified atom stereocenters. The van der Waals surface area contributed by atoms with Crippen LogP contribution in [0.15, 0.2) is 48.5 Å². The van der Waals surface area contributed by atoms with Crippen molar-refractivity contribution in [1.29, 1.82) is 0 Å². The number of aliphatic hydroxyl groups excluding tert-OH is 1. The SMILES string of the molecule is CCCCN1C(=O)c2c(nc(Oc3cccc(C(F)(F)F)c3)n2Cc2ccc(C(F)(F)F)cc2)N(C)C1O. The van der Waals surface area contributed by atoms with Gasteiger partial charge in [0.05, 0.1) is 17.7 Å². The number of nitrogens with zero attached hydrogens (tertiary/aromatic N) is 4. The van der Waals surface area contributed by atoms with Crippen molar-refractivity contribution in [1.82, 2.24) is 14.5 Å². The number of hydrogen-bond donors (Lipinski definition) is 1. The normalized spacial score (nSPS) is 16.1. The van der Waals surface area contributed by atoms with Crippen molar-refractivity contribution in [3.8, 4) is 11.8 Å². The van der Waals surface area contributed by atoms with Crippen LogP contribution in [0.4, 0.5) is 32.2 Å². The second kappa shape index (κ2) is 10.2. The lowest BCUT2D eigenvalue weighted by atomic mass is 10.1. The summed E-state index contributed by atoms with van der Waals surface area (Å²) in [6.45, 7) is 1.95. The lowest BCUT2D eigenvalue weighted by molar-refractivity contribution is -0.138. The summed E-state index contributed by atoms with van der Waals surface area (Å²) in [5.74, 6) is -0.796. The molecule has 1 amide bonds. The van der Waals surface area contributed by atoms with E-state index in [9.17, 15) is 36.2 Å². The standard InChI is InChI=1S/C25H24F6N4O3/c1-3-4-12-34-21(36)19-20(33(2)23(34)37)32-22(38-18-7-5-6-17(13-18)25(29,30)31)35(19)14-15-8-10-16(11-9-15)24(26,27)28/h5-11,13,23,37H,3-4,12,14H2,1-2H3. The quantitative estimate of drug-likeness (QED) is 0.387. The molecule has 3 aromatic rings. The molecule has 0 saturated carbocycles. The van der Waals surface area contributed by atoms with Gasteiger partial charge in [-0.15, -0.1) is 0 Å². The summed E-state index contributed by atoms with van der Waals surface area (Å²) in [5.41, 5.74) is -1.49. The number of hydrogen-bond acceptors (Lipinski definition) is 5. The number of amides is 1. The first-order valence-electron chi connectivity index (χ1n) is 11.6. The van der Waals surface area contributed by atoms with Gasteiger partial charge in [0.15, 0.2) is 11.5 Å². The highest BCUT2D eigenvalue weighted by Crippen LogP contribution is 2.37. The minimum absolute atomic E-state index is 0.0177. The Morgan fingerprint density at radius 3 is 2.26 bits per heavy atom. The smallest absolute Gasteiger partial charge is 0.416 e. The fraction of sp³-hybridized carbons (Fsp3) is 0.360. The number of alkyl halides is 6. The van der Waals surface area contributed by atoms with Crippen molar-refractivity contribution in [2.45, 2.75) is 45.0 Å². The van der Waals surface area contributed by atoms with Crippen LogP contribution >= 0.6 is 0 Å². The summed E-state index contributed by atoms with van der Waals surface area (Å²) in [6.07, 6.45) is -9.20. The van der Waals surface area contributed by atoms with Gasteiger partial charge in [0.25, 0.3) is 5.91 Å². The van der Waals surface area contributed by atoms with E-state index < -0.39 is 35.7 Å². The second-order valence-corrected chi connectivity index (χ2v) is 8.78. The molecular weight excluding hydrogens is 518 g/mol. The first kappa shape index (κ1) is 27.3. The fourth-order valence-corrected chi connectivity index (χ4v) is 4.03. The first-order valence-corrected chi connectivity index (χ1v) is 11.6. The Labute approximate surface area is 213 Å². The summed E-state index contributed by atoms with van der Waals surface area (Å²) >= 11 is 0. The molecular formula is C25H24F6N4O3. The minimum atomic E-state index is -4.63. The molecule has 38 heavy (non-hydrogen) atoms. The van der Waals surface area contributed by atoms with E-state index in [0.29, 0.717) is 12.0 Å². The van der Waals surface area contributed by atoms with Crippen LogP contribution in [0.5, 0.6) is 11.8 Å². The zero-order chi connectivity index (χ0) is 27.8. The molecule has 1 atom stereocenters. The van der Waals surface area contributed by atoms with Crippen molar-refractivity contribution in [3.63, 3.8) is 0 Å². The van der Waals surface area contributed by atoms with Crippen LogP contribution in [-0.2, 0) is 18.9 Å². The molecule has 2 heterocycles. The van der Waals surface area contributed by atoms with Crippen LogP contribution < -0.4 is 9.64 Å². The van der Waals surface area contributed by atoms with Gasteiger partial charge < -0.3 is 14.7 Å². The number of unbranched alkanes of at least 4 members (excludes halogenated alkanes) is 1. The van der Waals surface area contributed by atoms with E-state index in [2.05, 4.69) is 4.98 Å². The number of fused-ring (bicyclic) bond motifs is 1. The van der Waals surface area contributed by atoms with Crippen molar-refractivity contribution in [2.24, 2.45) is 0 Å². The van der Waals surface area contributed by atoms with Crippen molar-refractivity contribution in [3.05, 3.63) is 70.9 Å². The number of ether oxygens (including phenoxy) is 1. The fourth-order valence-electron chi connectivity index (χ4n) is 4.03. The third-order valence-corrected chi connectivity index (χ3v) is 6.08. The lowest BCUT2D eigenvalue weighted by Gasteiger charge is -2.38. The Balaban J connectivity index is 1.79. The van der Waals surface area contributed by atoms with Crippen LogP contribution in [0.3, 0.4) is 0 Å². The maximum absolute atomic E-state index is 13.5. The largest absolute Gasteiger partial charge is 0.425 e. The highest BCUT2D eigenvalue weighted by Gasteiger charge is 2.40. The van der Waals surface area contributed by atoms with Crippen LogP contribution in [0.1, 0.15) is 46.9 Å². The Morgan fingerprint density at radius 2 is 1.66 bits per heavy atom. The Morgan fingerprint density at radius 1 is 1.00 bits per heavy atom. The lowest BCUT2D eigenvalue weighted by Crippen LogP contribution is -2.54. The Kier molecular flexibility index (Phi) is 7.33. The van der Waals surface area contributed by atoms with Gasteiger partial charge in [-0.2, -0.15) is 31.3 Å². The predicted octanol–water partition coefficient (Wildman–Crippen LogP) is 5.73. The number of benzene rings is 2. The predicted molar refractivity (Wildman–Crippen MR) is 125 cm³/mol. The molecule has 4 rings (SSSR count). The van der Waals surface area contributed by atoms with E-state index in [0.717, 1.165) is 36.8 Å². The summed E-state index contributed by atoms with van der Waals surface area (Å²) < 4.78 is 85.7. The molecule has 13 heteroatoms. The molecule has 0 radical (unpaired) electrons. The number of rotatable bonds is 7.